The van der Waals surface area contributed by atoms with E-state index < -0.39 is 0 Å². The van der Waals surface area contributed by atoms with Crippen molar-refractivity contribution in [3.05, 3.63) is 48.3 Å². The van der Waals surface area contributed by atoms with E-state index in [4.69, 9.17) is 9.72 Å². The molecule has 1 aliphatic rings. The fourth-order valence-electron chi connectivity index (χ4n) is 3.86. The molecule has 7 nitrogen and oxygen atoms in total. The summed E-state index contributed by atoms with van der Waals surface area (Å²) in [6, 6.07) is 5.97. The highest BCUT2D eigenvalue weighted by Gasteiger charge is 2.25. The second-order valence-corrected chi connectivity index (χ2v) is 7.63. The molecule has 1 N–H and O–H groups in total. The number of pyridine rings is 1. The first-order valence-corrected chi connectivity index (χ1v) is 10.3. The van der Waals surface area contributed by atoms with Crippen LogP contribution < -0.4 is 5.32 Å². The second-order valence-electron chi connectivity index (χ2n) is 7.63. The zero-order chi connectivity index (χ0) is 20.2. The molecule has 0 radical (unpaired) electrons. The first kappa shape index (κ1) is 19.5. The van der Waals surface area contributed by atoms with Gasteiger partial charge in [0.25, 0.3) is 5.91 Å². The number of hydrogen-bond acceptors (Lipinski definition) is 5. The van der Waals surface area contributed by atoms with Crippen molar-refractivity contribution >= 4 is 11.6 Å². The number of imidazole rings is 1. The average Bonchev–Trinajstić information content (AvgIpc) is 3.19. The Morgan fingerprint density at radius 3 is 2.86 bits per heavy atom. The molecule has 3 aromatic rings. The van der Waals surface area contributed by atoms with Crippen molar-refractivity contribution in [2.24, 2.45) is 0 Å². The van der Waals surface area contributed by atoms with Gasteiger partial charge in [-0.2, -0.15) is 0 Å². The van der Waals surface area contributed by atoms with Crippen LogP contribution in [0.4, 0.5) is 0 Å². The summed E-state index contributed by atoms with van der Waals surface area (Å²) in [4.78, 5) is 26.2. The minimum absolute atomic E-state index is 0.156. The molecule has 3 aromatic heterocycles. The molecule has 1 aliphatic carbocycles. The molecule has 1 fully saturated rings. The summed E-state index contributed by atoms with van der Waals surface area (Å²) in [6.07, 6.45) is 10.4. The van der Waals surface area contributed by atoms with E-state index in [-0.39, 0.29) is 11.9 Å². The van der Waals surface area contributed by atoms with E-state index in [2.05, 4.69) is 22.2 Å². The Morgan fingerprint density at radius 2 is 2.14 bits per heavy atom. The number of fused-ring (bicyclic) bond motifs is 1. The van der Waals surface area contributed by atoms with E-state index in [9.17, 15) is 4.79 Å². The van der Waals surface area contributed by atoms with Crippen molar-refractivity contribution in [1.82, 2.24) is 24.7 Å². The maximum Gasteiger partial charge on any atom is 0.274 e. The summed E-state index contributed by atoms with van der Waals surface area (Å²) in [6.45, 7) is 4.92. The molecule has 152 valence electrons. The topological polar surface area (TPSA) is 81.4 Å². The van der Waals surface area contributed by atoms with Crippen LogP contribution in [0.3, 0.4) is 0 Å². The summed E-state index contributed by atoms with van der Waals surface area (Å²) < 4.78 is 7.69. The number of nitrogens with one attached hydrogen (secondary N) is 1. The van der Waals surface area contributed by atoms with E-state index >= 15 is 0 Å². The molecular formula is C22H27N5O2. The fourth-order valence-corrected chi connectivity index (χ4v) is 3.86. The fraction of sp³-hybridized carbons (Fsp3) is 0.455. The third-order valence-corrected chi connectivity index (χ3v) is 5.43. The van der Waals surface area contributed by atoms with Crippen LogP contribution in [0.5, 0.6) is 0 Å². The minimum Gasteiger partial charge on any atom is -0.378 e. The van der Waals surface area contributed by atoms with Crippen molar-refractivity contribution in [3.63, 3.8) is 0 Å². The molecule has 1 amide bonds. The van der Waals surface area contributed by atoms with E-state index in [1.807, 2.05) is 29.5 Å². The lowest BCUT2D eigenvalue weighted by Gasteiger charge is -2.28. The van der Waals surface area contributed by atoms with Gasteiger partial charge in [0, 0.05) is 36.3 Å². The highest BCUT2D eigenvalue weighted by Crippen LogP contribution is 2.23. The molecule has 0 spiro atoms. The number of nitrogens with zero attached hydrogens (tertiary/aromatic N) is 4. The predicted octanol–water partition coefficient (Wildman–Crippen LogP) is 3.57. The predicted molar refractivity (Wildman–Crippen MR) is 111 cm³/mol. The number of rotatable bonds is 6. The monoisotopic (exact) mass is 393 g/mol. The molecule has 7 heteroatoms. The Kier molecular flexibility index (Phi) is 5.85. The molecule has 4 rings (SSSR count). The van der Waals surface area contributed by atoms with Gasteiger partial charge in [0.05, 0.1) is 11.8 Å². The van der Waals surface area contributed by atoms with Crippen molar-refractivity contribution in [2.45, 2.75) is 58.1 Å². The highest BCUT2D eigenvalue weighted by atomic mass is 16.5. The molecule has 1 saturated carbocycles. The molecule has 0 bridgehead atoms. The highest BCUT2D eigenvalue weighted by molar-refractivity contribution is 5.98. The van der Waals surface area contributed by atoms with Gasteiger partial charge >= 0.3 is 0 Å². The smallest absolute Gasteiger partial charge is 0.274 e. The lowest BCUT2D eigenvalue weighted by molar-refractivity contribution is 0.0227. The summed E-state index contributed by atoms with van der Waals surface area (Å²) in [5, 5.41) is 3.15. The molecule has 0 saturated heterocycles. The van der Waals surface area contributed by atoms with Crippen LogP contribution >= 0.6 is 0 Å². The summed E-state index contributed by atoms with van der Waals surface area (Å²) in [7, 11) is 0. The van der Waals surface area contributed by atoms with Crippen molar-refractivity contribution < 1.29 is 9.53 Å². The molecule has 0 aromatic carbocycles. The van der Waals surface area contributed by atoms with Gasteiger partial charge in [-0.1, -0.05) is 6.92 Å². The standard InChI is InChI=1S/C22H27N5O2/c1-3-11-29-18-8-6-17(7-9-18)25-22(28)20-21-26-19(16-5-4-10-23-13-16)12-15(2)27(21)14-24-20/h4-5,10,12-14,17-18H,3,6-9,11H2,1-2H3,(H,25,28). The summed E-state index contributed by atoms with van der Waals surface area (Å²) in [5.41, 5.74) is 3.60. The minimum atomic E-state index is -0.166. The maximum atomic E-state index is 12.9. The first-order valence-electron chi connectivity index (χ1n) is 10.3. The van der Waals surface area contributed by atoms with Gasteiger partial charge in [-0.25, -0.2) is 9.97 Å². The molecular weight excluding hydrogens is 366 g/mol. The van der Waals surface area contributed by atoms with E-state index in [1.54, 1.807) is 18.7 Å². The molecule has 0 atom stereocenters. The SMILES string of the molecule is CCCOC1CCC(NC(=O)c2ncn3c(C)cc(-c4cccnc4)nc23)CC1. The van der Waals surface area contributed by atoms with Crippen LogP contribution in [-0.4, -0.2) is 44.0 Å². The third kappa shape index (κ3) is 4.29. The van der Waals surface area contributed by atoms with Gasteiger partial charge < -0.3 is 10.1 Å². The van der Waals surface area contributed by atoms with Crippen LogP contribution in [0.25, 0.3) is 16.9 Å². The molecule has 3 heterocycles. The Morgan fingerprint density at radius 1 is 1.31 bits per heavy atom. The third-order valence-electron chi connectivity index (χ3n) is 5.43. The summed E-state index contributed by atoms with van der Waals surface area (Å²) in [5.74, 6) is -0.166. The number of carbonyl (C=O) groups excluding carboxylic acids is 1. The van der Waals surface area contributed by atoms with Crippen LogP contribution in [0.1, 0.15) is 55.2 Å². The van der Waals surface area contributed by atoms with E-state index in [0.717, 1.165) is 55.7 Å². The van der Waals surface area contributed by atoms with E-state index in [0.29, 0.717) is 17.4 Å². The largest absolute Gasteiger partial charge is 0.378 e. The average molecular weight is 393 g/mol. The molecule has 0 unspecified atom stereocenters. The van der Waals surface area contributed by atoms with Crippen LogP contribution in [-0.2, 0) is 4.74 Å². The van der Waals surface area contributed by atoms with Crippen molar-refractivity contribution in [3.8, 4) is 11.3 Å². The van der Waals surface area contributed by atoms with Crippen molar-refractivity contribution in [2.75, 3.05) is 6.61 Å². The van der Waals surface area contributed by atoms with E-state index in [1.165, 1.54) is 0 Å². The number of ether oxygens (including phenoxy) is 1. The number of aromatic nitrogens is 4. The number of hydrogen-bond donors (Lipinski definition) is 1. The van der Waals surface area contributed by atoms with Gasteiger partial charge in [0.15, 0.2) is 11.3 Å². The Hall–Kier alpha value is -2.80. The quantitative estimate of drug-likeness (QED) is 0.692. The van der Waals surface area contributed by atoms with Crippen LogP contribution in [0.15, 0.2) is 36.9 Å². The normalized spacial score (nSPS) is 19.4. The maximum absolute atomic E-state index is 12.9. The van der Waals surface area contributed by atoms with Gasteiger partial charge in [-0.3, -0.25) is 14.2 Å². The van der Waals surface area contributed by atoms with Gasteiger partial charge in [-0.15, -0.1) is 0 Å². The first-order chi connectivity index (χ1) is 14.2. The lowest BCUT2D eigenvalue weighted by atomic mass is 9.93. The second kappa shape index (κ2) is 8.69. The molecule has 29 heavy (non-hydrogen) atoms. The molecule has 0 aliphatic heterocycles. The Labute approximate surface area is 170 Å². The Balaban J connectivity index is 1.50. The summed E-state index contributed by atoms with van der Waals surface area (Å²) >= 11 is 0. The number of carbonyl (C=O) groups is 1. The zero-order valence-corrected chi connectivity index (χ0v) is 17.0. The Bertz CT molecular complexity index is 978. The number of amides is 1. The van der Waals surface area contributed by atoms with Crippen LogP contribution in [0.2, 0.25) is 0 Å². The van der Waals surface area contributed by atoms with Crippen molar-refractivity contribution in [1.29, 1.82) is 0 Å². The van der Waals surface area contributed by atoms with Crippen LogP contribution in [0, 0.1) is 6.92 Å². The van der Waals surface area contributed by atoms with Gasteiger partial charge in [-0.05, 0) is 57.2 Å². The lowest BCUT2D eigenvalue weighted by Crippen LogP contribution is -2.39. The van der Waals surface area contributed by atoms with Gasteiger partial charge in [0.1, 0.15) is 6.33 Å². The zero-order valence-electron chi connectivity index (χ0n) is 17.0. The van der Waals surface area contributed by atoms with Gasteiger partial charge in [0.2, 0.25) is 0 Å². The number of aryl methyl sites for hydroxylation is 1.